The lowest BCUT2D eigenvalue weighted by atomic mass is 10.3. The van der Waals surface area contributed by atoms with Crippen molar-refractivity contribution in [2.75, 3.05) is 24.7 Å². The van der Waals surface area contributed by atoms with Crippen molar-refractivity contribution in [2.45, 2.75) is 52.1 Å². The van der Waals surface area contributed by atoms with Crippen molar-refractivity contribution in [3.8, 4) is 23.7 Å². The standard InChI is InChI=1S/C16H26O6S/c1-13(17)5-7-15(3)21-9-11-23(19,20)12-10-22-16(4)8-6-14(2)18/h13-18H,9-12H2,1-4H3. The van der Waals surface area contributed by atoms with Gasteiger partial charge in [0.2, 0.25) is 0 Å². The minimum Gasteiger partial charge on any atom is -0.381 e. The maximum absolute atomic E-state index is 11.8. The predicted octanol–water partition coefficient (Wildman–Crippen LogP) is -0.0202. The normalized spacial score (nSPS) is 16.3. The van der Waals surface area contributed by atoms with Crippen molar-refractivity contribution in [1.82, 2.24) is 0 Å². The van der Waals surface area contributed by atoms with Gasteiger partial charge < -0.3 is 19.7 Å². The topological polar surface area (TPSA) is 93.1 Å². The molecule has 7 heteroatoms. The minimum atomic E-state index is -3.28. The third-order valence-electron chi connectivity index (χ3n) is 2.52. The number of aliphatic hydroxyl groups excluding tert-OH is 2. The Hall–Kier alpha value is -1.09. The molecule has 4 atom stereocenters. The summed E-state index contributed by atoms with van der Waals surface area (Å²) in [6, 6.07) is 0. The van der Waals surface area contributed by atoms with E-state index in [0.717, 1.165) is 0 Å². The first-order valence-electron chi connectivity index (χ1n) is 7.44. The molecule has 0 heterocycles. The zero-order valence-electron chi connectivity index (χ0n) is 14.1. The van der Waals surface area contributed by atoms with E-state index >= 15 is 0 Å². The number of rotatable bonds is 8. The Bertz CT molecular complexity index is 501. The summed E-state index contributed by atoms with van der Waals surface area (Å²) in [6.07, 6.45) is -2.35. The van der Waals surface area contributed by atoms with Gasteiger partial charge in [0.1, 0.15) is 24.4 Å². The Morgan fingerprint density at radius 3 is 1.43 bits per heavy atom. The zero-order chi connectivity index (χ0) is 17.9. The van der Waals surface area contributed by atoms with Crippen molar-refractivity contribution in [2.24, 2.45) is 0 Å². The molecular formula is C16H26O6S. The van der Waals surface area contributed by atoms with Gasteiger partial charge in [0, 0.05) is 0 Å². The summed E-state index contributed by atoms with van der Waals surface area (Å²) in [5.74, 6) is 10.2. The average molecular weight is 346 g/mol. The molecule has 0 saturated heterocycles. The highest BCUT2D eigenvalue weighted by atomic mass is 32.2. The lowest BCUT2D eigenvalue weighted by Gasteiger charge is -2.09. The molecular weight excluding hydrogens is 320 g/mol. The van der Waals surface area contributed by atoms with E-state index < -0.39 is 34.3 Å². The quantitative estimate of drug-likeness (QED) is 0.600. The number of sulfone groups is 1. The number of hydrogen-bond donors (Lipinski definition) is 2. The summed E-state index contributed by atoms with van der Waals surface area (Å²) in [5.41, 5.74) is 0. The summed E-state index contributed by atoms with van der Waals surface area (Å²) >= 11 is 0. The number of hydrogen-bond acceptors (Lipinski definition) is 6. The van der Waals surface area contributed by atoms with Crippen LogP contribution in [0.5, 0.6) is 0 Å². The summed E-state index contributed by atoms with van der Waals surface area (Å²) in [7, 11) is -3.28. The largest absolute Gasteiger partial charge is 0.381 e. The van der Waals surface area contributed by atoms with Gasteiger partial charge >= 0.3 is 0 Å². The molecule has 6 nitrogen and oxygen atoms in total. The van der Waals surface area contributed by atoms with Crippen molar-refractivity contribution in [3.05, 3.63) is 0 Å². The van der Waals surface area contributed by atoms with Crippen molar-refractivity contribution in [3.63, 3.8) is 0 Å². The summed E-state index contributed by atoms with van der Waals surface area (Å²) in [5, 5.41) is 18.0. The van der Waals surface area contributed by atoms with Crippen LogP contribution < -0.4 is 0 Å². The maximum Gasteiger partial charge on any atom is 0.154 e. The summed E-state index contributed by atoms with van der Waals surface area (Å²) in [4.78, 5) is 0. The molecule has 0 amide bonds. The average Bonchev–Trinajstić information content (AvgIpc) is 2.42. The Balaban J connectivity index is 4.04. The maximum atomic E-state index is 11.8. The fourth-order valence-electron chi connectivity index (χ4n) is 1.37. The van der Waals surface area contributed by atoms with E-state index in [9.17, 15) is 8.42 Å². The second-order valence-electron chi connectivity index (χ2n) is 5.11. The first-order chi connectivity index (χ1) is 10.6. The van der Waals surface area contributed by atoms with Crippen LogP contribution in [0.2, 0.25) is 0 Å². The van der Waals surface area contributed by atoms with Gasteiger partial charge in [-0.05, 0) is 27.7 Å². The van der Waals surface area contributed by atoms with E-state index in [4.69, 9.17) is 19.7 Å². The highest BCUT2D eigenvalue weighted by Gasteiger charge is 2.12. The predicted molar refractivity (Wildman–Crippen MR) is 88.4 cm³/mol. The van der Waals surface area contributed by atoms with Crippen LogP contribution in [-0.4, -0.2) is 67.8 Å². The molecule has 0 rings (SSSR count). The Morgan fingerprint density at radius 1 is 0.783 bits per heavy atom. The van der Waals surface area contributed by atoms with Crippen LogP contribution in [0.1, 0.15) is 27.7 Å². The van der Waals surface area contributed by atoms with Crippen molar-refractivity contribution in [1.29, 1.82) is 0 Å². The molecule has 23 heavy (non-hydrogen) atoms. The van der Waals surface area contributed by atoms with E-state index in [-0.39, 0.29) is 24.7 Å². The highest BCUT2D eigenvalue weighted by molar-refractivity contribution is 7.91. The highest BCUT2D eigenvalue weighted by Crippen LogP contribution is 1.97. The van der Waals surface area contributed by atoms with Gasteiger partial charge in [0.05, 0.1) is 24.7 Å². The molecule has 0 aliphatic heterocycles. The zero-order valence-corrected chi connectivity index (χ0v) is 14.9. The van der Waals surface area contributed by atoms with E-state index in [1.807, 2.05) is 0 Å². The van der Waals surface area contributed by atoms with Crippen LogP contribution in [-0.2, 0) is 19.3 Å². The van der Waals surface area contributed by atoms with Crippen molar-refractivity contribution >= 4 is 9.84 Å². The fraction of sp³-hybridized carbons (Fsp3) is 0.750. The molecule has 0 spiro atoms. The smallest absolute Gasteiger partial charge is 0.154 e. The van der Waals surface area contributed by atoms with Crippen molar-refractivity contribution < 1.29 is 28.1 Å². The fourth-order valence-corrected chi connectivity index (χ4v) is 2.27. The van der Waals surface area contributed by atoms with E-state index in [2.05, 4.69) is 23.7 Å². The Kier molecular flexibility index (Phi) is 10.9. The molecule has 0 bridgehead atoms. The van der Waals surface area contributed by atoms with E-state index in [1.165, 1.54) is 13.8 Å². The molecule has 0 aromatic carbocycles. The number of aliphatic hydroxyl groups is 2. The van der Waals surface area contributed by atoms with E-state index in [0.29, 0.717) is 0 Å². The summed E-state index contributed by atoms with van der Waals surface area (Å²) in [6.45, 7) is 6.53. The molecule has 0 aromatic rings. The van der Waals surface area contributed by atoms with Gasteiger partial charge in [0.25, 0.3) is 0 Å². The molecule has 0 aliphatic carbocycles. The van der Waals surface area contributed by atoms with Gasteiger partial charge in [-0.3, -0.25) is 0 Å². The van der Waals surface area contributed by atoms with Gasteiger partial charge in [-0.2, -0.15) is 0 Å². The van der Waals surface area contributed by atoms with Gasteiger partial charge in [-0.25, -0.2) is 8.42 Å². The van der Waals surface area contributed by atoms with Gasteiger partial charge in [-0.1, -0.05) is 23.7 Å². The first-order valence-corrected chi connectivity index (χ1v) is 9.26. The SMILES string of the molecule is CC(O)C#CC(C)OCCS(=O)(=O)CCOC(C)C#CC(C)O. The lowest BCUT2D eigenvalue weighted by molar-refractivity contribution is 0.113. The molecule has 0 aliphatic rings. The van der Waals surface area contributed by atoms with Crippen LogP contribution in [0, 0.1) is 23.7 Å². The molecule has 2 N–H and O–H groups in total. The summed E-state index contributed by atoms with van der Waals surface area (Å²) < 4.78 is 34.2. The third-order valence-corrected chi connectivity index (χ3v) is 4.09. The second-order valence-corrected chi connectivity index (χ2v) is 7.41. The lowest BCUT2D eigenvalue weighted by Crippen LogP contribution is -2.22. The number of ether oxygens (including phenoxy) is 2. The van der Waals surface area contributed by atoms with Crippen LogP contribution in [0.15, 0.2) is 0 Å². The van der Waals surface area contributed by atoms with Crippen LogP contribution >= 0.6 is 0 Å². The molecule has 0 radical (unpaired) electrons. The van der Waals surface area contributed by atoms with E-state index in [1.54, 1.807) is 13.8 Å². The minimum absolute atomic E-state index is 0.0371. The Labute approximate surface area is 139 Å². The van der Waals surface area contributed by atoms with Gasteiger partial charge in [-0.15, -0.1) is 0 Å². The molecule has 0 aromatic heterocycles. The second kappa shape index (κ2) is 11.4. The molecule has 4 unspecified atom stereocenters. The Morgan fingerprint density at radius 2 is 1.13 bits per heavy atom. The van der Waals surface area contributed by atoms with Crippen LogP contribution in [0.25, 0.3) is 0 Å². The van der Waals surface area contributed by atoms with Gasteiger partial charge in [0.15, 0.2) is 9.84 Å². The third kappa shape index (κ3) is 14.2. The monoisotopic (exact) mass is 346 g/mol. The van der Waals surface area contributed by atoms with Crippen LogP contribution in [0.4, 0.5) is 0 Å². The molecule has 132 valence electrons. The first kappa shape index (κ1) is 21.9. The molecule has 0 fully saturated rings. The van der Waals surface area contributed by atoms with Crippen LogP contribution in [0.3, 0.4) is 0 Å². The molecule has 0 saturated carbocycles.